The van der Waals surface area contributed by atoms with Gasteiger partial charge < -0.3 is 15.2 Å². The van der Waals surface area contributed by atoms with Crippen molar-refractivity contribution in [3.63, 3.8) is 0 Å². The molecule has 0 saturated carbocycles. The summed E-state index contributed by atoms with van der Waals surface area (Å²) in [5.41, 5.74) is -0.0453. The van der Waals surface area contributed by atoms with Crippen LogP contribution in [0.15, 0.2) is 18.5 Å². The van der Waals surface area contributed by atoms with Crippen LogP contribution in [0.1, 0.15) is 32.4 Å². The number of carbonyl (C=O) groups is 1. The van der Waals surface area contributed by atoms with Gasteiger partial charge in [0.15, 0.2) is 0 Å². The molecule has 2 N–H and O–H groups in total. The van der Waals surface area contributed by atoms with E-state index < -0.39 is 17.7 Å². The van der Waals surface area contributed by atoms with Crippen molar-refractivity contribution >= 4 is 5.91 Å². The molecule has 0 aliphatic carbocycles. The van der Waals surface area contributed by atoms with Crippen molar-refractivity contribution in [1.82, 2.24) is 10.3 Å². The molecule has 0 saturated heterocycles. The summed E-state index contributed by atoms with van der Waals surface area (Å²) in [4.78, 5) is 15.2. The van der Waals surface area contributed by atoms with Gasteiger partial charge >= 0.3 is 0 Å². The highest BCUT2D eigenvalue weighted by molar-refractivity contribution is 5.73. The molecule has 0 bridgehead atoms. The smallest absolute Gasteiger partial charge is 0.217 e. The number of fused-ring (bicyclic) bond motifs is 1. The van der Waals surface area contributed by atoms with Gasteiger partial charge in [-0.2, -0.15) is 0 Å². The predicted molar refractivity (Wildman–Crippen MR) is 61.5 cm³/mol. The quantitative estimate of drug-likeness (QED) is 0.756. The Labute approximate surface area is 99.8 Å². The zero-order valence-electron chi connectivity index (χ0n) is 10.1. The average molecular weight is 236 g/mol. The Kier molecular flexibility index (Phi) is 2.79. The van der Waals surface area contributed by atoms with Crippen LogP contribution >= 0.6 is 0 Å². The highest BCUT2D eigenvalue weighted by Crippen LogP contribution is 2.38. The number of nitrogens with zero attached hydrogens (tertiary/aromatic N) is 1. The minimum Gasteiger partial charge on any atom is -0.485 e. The van der Waals surface area contributed by atoms with Crippen molar-refractivity contribution in [3.8, 4) is 5.75 Å². The molecule has 0 spiro atoms. The summed E-state index contributed by atoms with van der Waals surface area (Å²) in [5.74, 6) is 0.454. The molecule has 17 heavy (non-hydrogen) atoms. The van der Waals surface area contributed by atoms with Gasteiger partial charge in [-0.05, 0) is 19.9 Å². The Morgan fingerprint density at radius 3 is 2.94 bits per heavy atom. The van der Waals surface area contributed by atoms with E-state index in [0.29, 0.717) is 11.3 Å². The fourth-order valence-corrected chi connectivity index (χ4v) is 2.01. The van der Waals surface area contributed by atoms with Crippen molar-refractivity contribution in [3.05, 3.63) is 24.0 Å². The number of rotatable bonds is 1. The fraction of sp³-hybridized carbons (Fsp3) is 0.500. The van der Waals surface area contributed by atoms with Crippen LogP contribution in [0.4, 0.5) is 0 Å². The number of hydrogen-bond acceptors (Lipinski definition) is 4. The Balaban J connectivity index is 2.44. The third kappa shape index (κ3) is 2.10. The minimum atomic E-state index is -0.817. The highest BCUT2D eigenvalue weighted by Gasteiger charge is 2.43. The van der Waals surface area contributed by atoms with E-state index in [4.69, 9.17) is 4.74 Å². The van der Waals surface area contributed by atoms with Crippen molar-refractivity contribution in [1.29, 1.82) is 0 Å². The molecule has 1 aliphatic rings. The second-order valence-electron chi connectivity index (χ2n) is 4.74. The van der Waals surface area contributed by atoms with E-state index in [2.05, 4.69) is 10.3 Å². The molecule has 2 rings (SSSR count). The largest absolute Gasteiger partial charge is 0.485 e. The normalized spacial score (nSPS) is 25.6. The SMILES string of the molecule is CC(=O)N[C@H]1c2cnccc2OC(C)(C)[C@@H]1O. The van der Waals surface area contributed by atoms with E-state index in [-0.39, 0.29) is 5.91 Å². The van der Waals surface area contributed by atoms with Crippen LogP contribution in [-0.2, 0) is 4.79 Å². The number of aliphatic hydroxyl groups is 1. The summed E-state index contributed by atoms with van der Waals surface area (Å²) in [6.07, 6.45) is 2.41. The van der Waals surface area contributed by atoms with E-state index in [9.17, 15) is 9.90 Å². The lowest BCUT2D eigenvalue weighted by molar-refractivity contribution is -0.123. The second kappa shape index (κ2) is 4.00. The van der Waals surface area contributed by atoms with Crippen LogP contribution in [0.3, 0.4) is 0 Å². The van der Waals surface area contributed by atoms with Gasteiger partial charge in [0.2, 0.25) is 5.91 Å². The van der Waals surface area contributed by atoms with Crippen molar-refractivity contribution < 1.29 is 14.6 Å². The molecule has 1 amide bonds. The van der Waals surface area contributed by atoms with Crippen LogP contribution in [0.2, 0.25) is 0 Å². The minimum absolute atomic E-state index is 0.193. The number of aliphatic hydroxyl groups excluding tert-OH is 1. The zero-order valence-corrected chi connectivity index (χ0v) is 10.1. The topological polar surface area (TPSA) is 71.5 Å². The van der Waals surface area contributed by atoms with E-state index in [0.717, 1.165) is 0 Å². The lowest BCUT2D eigenvalue weighted by Crippen LogP contribution is -2.53. The van der Waals surface area contributed by atoms with Crippen LogP contribution in [0.25, 0.3) is 0 Å². The first-order valence-corrected chi connectivity index (χ1v) is 5.50. The molecule has 0 unspecified atom stereocenters. The van der Waals surface area contributed by atoms with Crippen LogP contribution in [0.5, 0.6) is 5.75 Å². The number of amides is 1. The van der Waals surface area contributed by atoms with Crippen molar-refractivity contribution in [2.24, 2.45) is 0 Å². The molecule has 1 aromatic heterocycles. The Morgan fingerprint density at radius 1 is 1.59 bits per heavy atom. The monoisotopic (exact) mass is 236 g/mol. The van der Waals surface area contributed by atoms with Crippen LogP contribution in [0, 0.1) is 0 Å². The third-order valence-electron chi connectivity index (χ3n) is 2.90. The van der Waals surface area contributed by atoms with Gasteiger partial charge in [-0.25, -0.2) is 0 Å². The van der Waals surface area contributed by atoms with Gasteiger partial charge in [-0.1, -0.05) is 0 Å². The first-order chi connectivity index (χ1) is 7.92. The Hall–Kier alpha value is -1.62. The molecule has 0 aromatic carbocycles. The molecular formula is C12H16N2O3. The van der Waals surface area contributed by atoms with Crippen molar-refractivity contribution in [2.45, 2.75) is 38.5 Å². The Morgan fingerprint density at radius 2 is 2.29 bits per heavy atom. The lowest BCUT2D eigenvalue weighted by atomic mass is 9.87. The first kappa shape index (κ1) is 11.9. The number of nitrogens with one attached hydrogen (secondary N) is 1. The third-order valence-corrected chi connectivity index (χ3v) is 2.90. The molecule has 92 valence electrons. The van der Waals surface area contributed by atoms with Gasteiger partial charge in [0, 0.05) is 24.9 Å². The number of ether oxygens (including phenoxy) is 1. The fourth-order valence-electron chi connectivity index (χ4n) is 2.01. The van der Waals surface area contributed by atoms with Crippen LogP contribution in [-0.4, -0.2) is 27.7 Å². The number of aromatic nitrogens is 1. The van der Waals surface area contributed by atoms with Gasteiger partial charge in [-0.3, -0.25) is 9.78 Å². The summed E-state index contributed by atoms with van der Waals surface area (Å²) in [6, 6.07) is 1.25. The lowest BCUT2D eigenvalue weighted by Gasteiger charge is -2.41. The summed E-state index contributed by atoms with van der Waals surface area (Å²) in [5, 5.41) is 13.0. The molecule has 2 atom stereocenters. The molecule has 1 aliphatic heterocycles. The average Bonchev–Trinajstić information content (AvgIpc) is 2.24. The molecule has 1 aromatic rings. The molecule has 2 heterocycles. The van der Waals surface area contributed by atoms with E-state index in [1.54, 1.807) is 32.3 Å². The summed E-state index contributed by atoms with van der Waals surface area (Å²) >= 11 is 0. The highest BCUT2D eigenvalue weighted by atomic mass is 16.5. The Bertz CT molecular complexity index is 445. The maximum Gasteiger partial charge on any atom is 0.217 e. The molecule has 0 radical (unpaired) electrons. The number of carbonyl (C=O) groups excluding carboxylic acids is 1. The summed E-state index contributed by atoms with van der Waals surface area (Å²) < 4.78 is 5.70. The van der Waals surface area contributed by atoms with Gasteiger partial charge in [-0.15, -0.1) is 0 Å². The molecule has 5 heteroatoms. The predicted octanol–water partition coefficient (Wildman–Crippen LogP) is 0.791. The summed E-state index contributed by atoms with van der Waals surface area (Å²) in [6.45, 7) is 5.00. The molecule has 5 nitrogen and oxygen atoms in total. The van der Waals surface area contributed by atoms with Gasteiger partial charge in [0.1, 0.15) is 17.5 Å². The maximum atomic E-state index is 11.2. The standard InChI is InChI=1S/C12H16N2O3/c1-7(15)14-10-8-6-13-5-4-9(8)17-12(2,3)11(10)16/h4-6,10-11,16H,1-3H3,(H,14,15)/t10-,11+/m0/s1. The summed E-state index contributed by atoms with van der Waals surface area (Å²) in [7, 11) is 0. The van der Waals surface area contributed by atoms with E-state index >= 15 is 0 Å². The number of pyridine rings is 1. The van der Waals surface area contributed by atoms with Gasteiger partial charge in [0.25, 0.3) is 0 Å². The molecule has 0 fully saturated rings. The van der Waals surface area contributed by atoms with Gasteiger partial charge in [0.05, 0.1) is 6.04 Å². The zero-order chi connectivity index (χ0) is 12.6. The maximum absolute atomic E-state index is 11.2. The van der Waals surface area contributed by atoms with E-state index in [1.165, 1.54) is 6.92 Å². The van der Waals surface area contributed by atoms with E-state index in [1.807, 2.05) is 0 Å². The molecular weight excluding hydrogens is 220 g/mol. The van der Waals surface area contributed by atoms with Crippen LogP contribution < -0.4 is 10.1 Å². The second-order valence-corrected chi connectivity index (χ2v) is 4.74. The number of hydrogen-bond donors (Lipinski definition) is 2. The van der Waals surface area contributed by atoms with Crippen molar-refractivity contribution in [2.75, 3.05) is 0 Å². The first-order valence-electron chi connectivity index (χ1n) is 5.50.